The number of aromatic amines is 1. The number of anilines is 1. The number of rotatable bonds is 4. The molecule has 0 bridgehead atoms. The van der Waals surface area contributed by atoms with E-state index in [1.807, 2.05) is 18.2 Å². The Morgan fingerprint density at radius 2 is 2.26 bits per heavy atom. The minimum Gasteiger partial charge on any atom is -0.354 e. The number of nitrogens with zero attached hydrogens (tertiary/aromatic N) is 5. The highest BCUT2D eigenvalue weighted by Crippen LogP contribution is 2.27. The lowest BCUT2D eigenvalue weighted by molar-refractivity contribution is 0.387. The highest BCUT2D eigenvalue weighted by Gasteiger charge is 2.22. The maximum Gasteiger partial charge on any atom is 0.181 e. The molecule has 1 unspecified atom stereocenters. The van der Waals surface area contributed by atoms with Crippen molar-refractivity contribution in [3.8, 4) is 17.5 Å². The fourth-order valence-electron chi connectivity index (χ4n) is 3.68. The van der Waals surface area contributed by atoms with Crippen molar-refractivity contribution in [2.75, 3.05) is 24.5 Å². The number of pyridine rings is 2. The SMILES string of the molecule is CC(C)CC1CN(c2cc(C#N)cc(-c3[nH]nc4ncccc34)n2)CCN1. The number of hydrogen-bond acceptors (Lipinski definition) is 6. The Kier molecular flexibility index (Phi) is 4.73. The third kappa shape index (κ3) is 3.62. The topological polar surface area (TPSA) is 93.5 Å². The zero-order chi connectivity index (χ0) is 18.8. The standard InChI is InChI=1S/C20H23N7/c1-13(2)8-15-12-27(7-6-22-15)18-10-14(11-21)9-17(24-18)19-16-4-3-5-23-20(16)26-25-19/h3-5,9-10,13,15,22H,6-8,12H2,1-2H3,(H,23,25,26). The second-order valence-corrected chi connectivity index (χ2v) is 7.41. The minimum atomic E-state index is 0.437. The fourth-order valence-corrected chi connectivity index (χ4v) is 3.68. The van der Waals surface area contributed by atoms with Gasteiger partial charge in [-0.25, -0.2) is 9.97 Å². The van der Waals surface area contributed by atoms with Crippen molar-refractivity contribution in [2.24, 2.45) is 5.92 Å². The number of piperazine rings is 1. The van der Waals surface area contributed by atoms with Crippen molar-refractivity contribution >= 4 is 16.9 Å². The Balaban J connectivity index is 1.70. The second-order valence-electron chi connectivity index (χ2n) is 7.41. The predicted octanol–water partition coefficient (Wildman–Crippen LogP) is 2.72. The van der Waals surface area contributed by atoms with Gasteiger partial charge in [0.2, 0.25) is 0 Å². The van der Waals surface area contributed by atoms with Crippen molar-refractivity contribution in [3.63, 3.8) is 0 Å². The zero-order valence-corrected chi connectivity index (χ0v) is 15.6. The normalized spacial score (nSPS) is 17.4. The molecule has 7 heteroatoms. The summed E-state index contributed by atoms with van der Waals surface area (Å²) < 4.78 is 0. The van der Waals surface area contributed by atoms with Crippen LogP contribution in [0.15, 0.2) is 30.5 Å². The molecule has 0 spiro atoms. The molecule has 0 saturated carbocycles. The van der Waals surface area contributed by atoms with Gasteiger partial charge in [-0.2, -0.15) is 10.4 Å². The first-order chi connectivity index (χ1) is 13.1. The molecule has 1 atom stereocenters. The lowest BCUT2D eigenvalue weighted by Crippen LogP contribution is -2.51. The highest BCUT2D eigenvalue weighted by molar-refractivity contribution is 5.89. The average molecular weight is 361 g/mol. The van der Waals surface area contributed by atoms with Crippen LogP contribution >= 0.6 is 0 Å². The lowest BCUT2D eigenvalue weighted by atomic mass is 10.0. The van der Waals surface area contributed by atoms with Gasteiger partial charge in [0.05, 0.1) is 23.0 Å². The maximum atomic E-state index is 9.52. The second kappa shape index (κ2) is 7.33. The van der Waals surface area contributed by atoms with Crippen LogP contribution in [-0.4, -0.2) is 45.8 Å². The lowest BCUT2D eigenvalue weighted by Gasteiger charge is -2.35. The summed E-state index contributed by atoms with van der Waals surface area (Å²) in [4.78, 5) is 11.4. The number of nitriles is 1. The van der Waals surface area contributed by atoms with E-state index in [-0.39, 0.29) is 0 Å². The van der Waals surface area contributed by atoms with E-state index in [2.05, 4.69) is 45.3 Å². The molecule has 0 aliphatic carbocycles. The van der Waals surface area contributed by atoms with Gasteiger partial charge in [0.25, 0.3) is 0 Å². The number of hydrogen-bond donors (Lipinski definition) is 2. The van der Waals surface area contributed by atoms with E-state index in [1.165, 1.54) is 0 Å². The Labute approximate surface area is 158 Å². The van der Waals surface area contributed by atoms with E-state index in [9.17, 15) is 5.26 Å². The van der Waals surface area contributed by atoms with Crippen LogP contribution in [-0.2, 0) is 0 Å². The van der Waals surface area contributed by atoms with Crippen molar-refractivity contribution < 1.29 is 0 Å². The van der Waals surface area contributed by atoms with E-state index < -0.39 is 0 Å². The van der Waals surface area contributed by atoms with Crippen molar-refractivity contribution in [1.82, 2.24) is 25.5 Å². The molecule has 1 saturated heterocycles. The molecule has 2 N–H and O–H groups in total. The molecular formula is C20H23N7. The maximum absolute atomic E-state index is 9.52. The highest BCUT2D eigenvalue weighted by atomic mass is 15.2. The molecule has 138 valence electrons. The van der Waals surface area contributed by atoms with E-state index in [1.54, 1.807) is 12.3 Å². The molecule has 27 heavy (non-hydrogen) atoms. The summed E-state index contributed by atoms with van der Waals surface area (Å²) in [6.07, 6.45) is 2.84. The predicted molar refractivity (Wildman–Crippen MR) is 105 cm³/mol. The summed E-state index contributed by atoms with van der Waals surface area (Å²) in [7, 11) is 0. The van der Waals surface area contributed by atoms with Crippen molar-refractivity contribution in [3.05, 3.63) is 36.0 Å². The summed E-state index contributed by atoms with van der Waals surface area (Å²) in [6.45, 7) is 7.17. The number of aromatic nitrogens is 4. The molecule has 4 heterocycles. The summed E-state index contributed by atoms with van der Waals surface area (Å²) in [5.41, 5.74) is 2.77. The van der Waals surface area contributed by atoms with E-state index >= 15 is 0 Å². The van der Waals surface area contributed by atoms with Gasteiger partial charge in [-0.3, -0.25) is 5.10 Å². The molecule has 1 aliphatic heterocycles. The largest absolute Gasteiger partial charge is 0.354 e. The van der Waals surface area contributed by atoms with E-state index in [0.29, 0.717) is 23.2 Å². The first-order valence-electron chi connectivity index (χ1n) is 9.34. The van der Waals surface area contributed by atoms with Crippen LogP contribution in [0.3, 0.4) is 0 Å². The monoisotopic (exact) mass is 361 g/mol. The first kappa shape index (κ1) is 17.4. The van der Waals surface area contributed by atoms with Crippen LogP contribution in [0.1, 0.15) is 25.8 Å². The Morgan fingerprint density at radius 3 is 3.07 bits per heavy atom. The molecule has 3 aromatic rings. The van der Waals surface area contributed by atoms with Gasteiger partial charge in [0, 0.05) is 37.3 Å². The molecule has 0 radical (unpaired) electrons. The summed E-state index contributed by atoms with van der Waals surface area (Å²) in [5.74, 6) is 1.48. The average Bonchev–Trinajstić information content (AvgIpc) is 3.11. The van der Waals surface area contributed by atoms with Crippen LogP contribution in [0, 0.1) is 17.2 Å². The Morgan fingerprint density at radius 1 is 1.37 bits per heavy atom. The Bertz CT molecular complexity index is 985. The zero-order valence-electron chi connectivity index (χ0n) is 15.6. The van der Waals surface area contributed by atoms with Crippen LogP contribution in [0.25, 0.3) is 22.4 Å². The quantitative estimate of drug-likeness (QED) is 0.742. The van der Waals surface area contributed by atoms with Crippen LogP contribution in [0.5, 0.6) is 0 Å². The van der Waals surface area contributed by atoms with Crippen LogP contribution in [0.2, 0.25) is 0 Å². The molecule has 1 fully saturated rings. The number of H-pyrrole nitrogens is 1. The van der Waals surface area contributed by atoms with Gasteiger partial charge < -0.3 is 10.2 Å². The summed E-state index contributed by atoms with van der Waals surface area (Å²) in [6, 6.07) is 10.2. The van der Waals surface area contributed by atoms with Crippen molar-refractivity contribution in [1.29, 1.82) is 5.26 Å². The molecule has 3 aromatic heterocycles. The van der Waals surface area contributed by atoms with E-state index in [0.717, 1.165) is 48.6 Å². The van der Waals surface area contributed by atoms with Gasteiger partial charge in [-0.1, -0.05) is 13.8 Å². The molecule has 4 rings (SSSR count). The molecule has 7 nitrogen and oxygen atoms in total. The minimum absolute atomic E-state index is 0.437. The van der Waals surface area contributed by atoms with Gasteiger partial charge >= 0.3 is 0 Å². The fraction of sp³-hybridized carbons (Fsp3) is 0.400. The van der Waals surface area contributed by atoms with E-state index in [4.69, 9.17) is 4.98 Å². The third-order valence-corrected chi connectivity index (χ3v) is 4.86. The summed E-state index contributed by atoms with van der Waals surface area (Å²) in [5, 5.41) is 21.3. The van der Waals surface area contributed by atoms with Gasteiger partial charge in [0.15, 0.2) is 5.65 Å². The molecular weight excluding hydrogens is 338 g/mol. The van der Waals surface area contributed by atoms with Gasteiger partial charge in [-0.05, 0) is 36.6 Å². The van der Waals surface area contributed by atoms with Gasteiger partial charge in [-0.15, -0.1) is 0 Å². The molecule has 1 aliphatic rings. The number of nitrogens with one attached hydrogen (secondary N) is 2. The Hall–Kier alpha value is -2.98. The number of fused-ring (bicyclic) bond motifs is 1. The summed E-state index contributed by atoms with van der Waals surface area (Å²) >= 11 is 0. The first-order valence-corrected chi connectivity index (χ1v) is 9.34. The third-order valence-electron chi connectivity index (χ3n) is 4.86. The van der Waals surface area contributed by atoms with Gasteiger partial charge in [0.1, 0.15) is 5.82 Å². The van der Waals surface area contributed by atoms with Crippen LogP contribution in [0.4, 0.5) is 5.82 Å². The van der Waals surface area contributed by atoms with Crippen molar-refractivity contribution in [2.45, 2.75) is 26.3 Å². The molecule has 0 aromatic carbocycles. The van der Waals surface area contributed by atoms with Crippen LogP contribution < -0.4 is 10.2 Å². The smallest absolute Gasteiger partial charge is 0.181 e. The molecule has 0 amide bonds.